The number of anilines is 1. The van der Waals surface area contributed by atoms with Crippen LogP contribution < -0.4 is 15.8 Å². The molecule has 0 fully saturated rings. The molecule has 2 rings (SSSR count). The fourth-order valence-electron chi connectivity index (χ4n) is 2.30. The summed E-state index contributed by atoms with van der Waals surface area (Å²) in [6, 6.07) is 10.6. The second kappa shape index (κ2) is 7.60. The first kappa shape index (κ1) is 16.8. The summed E-state index contributed by atoms with van der Waals surface area (Å²) in [6.07, 6.45) is 0.356. The molecule has 2 aromatic rings. The first-order valence-corrected chi connectivity index (χ1v) is 7.25. The third kappa shape index (κ3) is 4.20. The zero-order chi connectivity index (χ0) is 16.8. The van der Waals surface area contributed by atoms with Crippen molar-refractivity contribution in [3.8, 4) is 5.75 Å². The first-order chi connectivity index (χ1) is 11.0. The predicted molar refractivity (Wildman–Crippen MR) is 88.4 cm³/mol. The maximum absolute atomic E-state index is 12.0. The van der Waals surface area contributed by atoms with Crippen molar-refractivity contribution in [3.05, 3.63) is 36.4 Å². The van der Waals surface area contributed by atoms with E-state index in [1.807, 2.05) is 30.3 Å². The SMILES string of the molecule is COC(=O)[C@@H](N)CCC(=O)Nc1cc(OC)c2ccccc2c1. The molecule has 0 unspecified atom stereocenters. The minimum absolute atomic E-state index is 0.130. The molecule has 0 heterocycles. The van der Waals surface area contributed by atoms with Crippen molar-refractivity contribution in [2.75, 3.05) is 19.5 Å². The molecule has 3 N–H and O–H groups in total. The number of nitrogens with two attached hydrogens (primary N) is 1. The highest BCUT2D eigenvalue weighted by molar-refractivity contribution is 5.97. The van der Waals surface area contributed by atoms with Crippen LogP contribution in [-0.4, -0.2) is 32.1 Å². The van der Waals surface area contributed by atoms with E-state index >= 15 is 0 Å². The van der Waals surface area contributed by atoms with Crippen LogP contribution in [0.2, 0.25) is 0 Å². The number of benzene rings is 2. The van der Waals surface area contributed by atoms with Gasteiger partial charge in [0.25, 0.3) is 0 Å². The number of carbonyl (C=O) groups excluding carboxylic acids is 2. The molecule has 122 valence electrons. The molecule has 0 aliphatic rings. The summed E-state index contributed by atoms with van der Waals surface area (Å²) in [5.74, 6) is -0.0588. The van der Waals surface area contributed by atoms with Gasteiger partial charge in [0.1, 0.15) is 11.8 Å². The summed E-state index contributed by atoms with van der Waals surface area (Å²) < 4.78 is 9.89. The second-order valence-electron chi connectivity index (χ2n) is 5.12. The van der Waals surface area contributed by atoms with Crippen molar-refractivity contribution in [3.63, 3.8) is 0 Å². The van der Waals surface area contributed by atoms with Gasteiger partial charge in [-0.3, -0.25) is 9.59 Å². The fourth-order valence-corrected chi connectivity index (χ4v) is 2.30. The van der Waals surface area contributed by atoms with E-state index in [1.165, 1.54) is 7.11 Å². The van der Waals surface area contributed by atoms with E-state index in [9.17, 15) is 9.59 Å². The Morgan fingerprint density at radius 3 is 2.65 bits per heavy atom. The molecule has 0 aliphatic heterocycles. The largest absolute Gasteiger partial charge is 0.496 e. The number of fused-ring (bicyclic) bond motifs is 1. The molecule has 0 aromatic heterocycles. The van der Waals surface area contributed by atoms with Crippen molar-refractivity contribution in [2.45, 2.75) is 18.9 Å². The van der Waals surface area contributed by atoms with E-state index in [1.54, 1.807) is 13.2 Å². The van der Waals surface area contributed by atoms with E-state index in [4.69, 9.17) is 10.5 Å². The van der Waals surface area contributed by atoms with Crippen LogP contribution in [0.25, 0.3) is 10.8 Å². The van der Waals surface area contributed by atoms with E-state index in [0.29, 0.717) is 11.4 Å². The molecule has 0 saturated carbocycles. The van der Waals surface area contributed by atoms with Crippen molar-refractivity contribution in [2.24, 2.45) is 5.73 Å². The minimum atomic E-state index is -0.795. The number of amides is 1. The number of hydrogen-bond acceptors (Lipinski definition) is 5. The Labute approximate surface area is 134 Å². The molecule has 23 heavy (non-hydrogen) atoms. The van der Waals surface area contributed by atoms with Crippen LogP contribution in [0, 0.1) is 0 Å². The topological polar surface area (TPSA) is 90.7 Å². The third-order valence-corrected chi connectivity index (χ3v) is 3.51. The number of carbonyl (C=O) groups is 2. The number of esters is 1. The number of nitrogens with one attached hydrogen (secondary N) is 1. The maximum Gasteiger partial charge on any atom is 0.322 e. The first-order valence-electron chi connectivity index (χ1n) is 7.25. The molecule has 6 heteroatoms. The molecular weight excluding hydrogens is 296 g/mol. The molecule has 0 bridgehead atoms. The summed E-state index contributed by atoms with van der Waals surface area (Å²) in [4.78, 5) is 23.2. The van der Waals surface area contributed by atoms with Crippen LogP contribution in [0.4, 0.5) is 5.69 Å². The Bertz CT molecular complexity index is 715. The summed E-state index contributed by atoms with van der Waals surface area (Å²) in [6.45, 7) is 0. The molecule has 1 atom stereocenters. The van der Waals surface area contributed by atoms with Crippen molar-refractivity contribution in [1.82, 2.24) is 0 Å². The van der Waals surface area contributed by atoms with Gasteiger partial charge in [-0.15, -0.1) is 0 Å². The van der Waals surface area contributed by atoms with Crippen LogP contribution in [-0.2, 0) is 14.3 Å². The zero-order valence-electron chi connectivity index (χ0n) is 13.2. The highest BCUT2D eigenvalue weighted by Crippen LogP contribution is 2.29. The van der Waals surface area contributed by atoms with E-state index in [0.717, 1.165) is 10.8 Å². The van der Waals surface area contributed by atoms with Gasteiger partial charge in [0, 0.05) is 23.6 Å². The van der Waals surface area contributed by atoms with E-state index < -0.39 is 12.0 Å². The second-order valence-corrected chi connectivity index (χ2v) is 5.12. The van der Waals surface area contributed by atoms with Gasteiger partial charge in [0.15, 0.2) is 0 Å². The van der Waals surface area contributed by atoms with Gasteiger partial charge in [-0.05, 0) is 17.9 Å². The highest BCUT2D eigenvalue weighted by atomic mass is 16.5. The van der Waals surface area contributed by atoms with Gasteiger partial charge in [-0.25, -0.2) is 0 Å². The third-order valence-electron chi connectivity index (χ3n) is 3.51. The predicted octanol–water partition coefficient (Wildman–Crippen LogP) is 2.07. The standard InChI is InChI=1S/C17H20N2O4/c1-22-15-10-12(9-11-5-3-4-6-13(11)15)19-16(20)8-7-14(18)17(21)23-2/h3-6,9-10,14H,7-8,18H2,1-2H3,(H,19,20)/t14-/m0/s1. The lowest BCUT2D eigenvalue weighted by Gasteiger charge is -2.12. The van der Waals surface area contributed by atoms with Gasteiger partial charge in [0.2, 0.25) is 5.91 Å². The Morgan fingerprint density at radius 1 is 1.22 bits per heavy atom. The molecule has 6 nitrogen and oxygen atoms in total. The molecule has 2 aromatic carbocycles. The molecular formula is C17H20N2O4. The van der Waals surface area contributed by atoms with Crippen molar-refractivity contribution < 1.29 is 19.1 Å². The summed E-state index contributed by atoms with van der Waals surface area (Å²) >= 11 is 0. The Balaban J connectivity index is 2.06. The zero-order valence-corrected chi connectivity index (χ0v) is 13.2. The van der Waals surface area contributed by atoms with Gasteiger partial charge < -0.3 is 20.5 Å². The molecule has 0 saturated heterocycles. The number of methoxy groups -OCH3 is 2. The lowest BCUT2D eigenvalue weighted by atomic mass is 10.1. The maximum atomic E-state index is 12.0. The summed E-state index contributed by atoms with van der Waals surface area (Å²) in [5.41, 5.74) is 6.25. The molecule has 0 aliphatic carbocycles. The van der Waals surface area contributed by atoms with Crippen LogP contribution in [0.15, 0.2) is 36.4 Å². The van der Waals surface area contributed by atoms with Crippen LogP contribution in [0.5, 0.6) is 5.75 Å². The van der Waals surface area contributed by atoms with Crippen molar-refractivity contribution >= 4 is 28.3 Å². The quantitative estimate of drug-likeness (QED) is 0.796. The number of hydrogen-bond donors (Lipinski definition) is 2. The Morgan fingerprint density at radius 2 is 1.96 bits per heavy atom. The van der Waals surface area contributed by atoms with E-state index in [2.05, 4.69) is 10.1 Å². The minimum Gasteiger partial charge on any atom is -0.496 e. The van der Waals surface area contributed by atoms with Gasteiger partial charge in [-0.1, -0.05) is 24.3 Å². The number of ether oxygens (including phenoxy) is 2. The smallest absolute Gasteiger partial charge is 0.322 e. The fraction of sp³-hybridized carbons (Fsp3) is 0.294. The molecule has 1 amide bonds. The lowest BCUT2D eigenvalue weighted by Crippen LogP contribution is -2.32. The monoisotopic (exact) mass is 316 g/mol. The average Bonchev–Trinajstić information content (AvgIpc) is 2.58. The van der Waals surface area contributed by atoms with Gasteiger partial charge in [0.05, 0.1) is 14.2 Å². The van der Waals surface area contributed by atoms with Crippen LogP contribution in [0.3, 0.4) is 0 Å². The summed E-state index contributed by atoms with van der Waals surface area (Å²) in [5, 5.41) is 4.73. The Hall–Kier alpha value is -2.60. The average molecular weight is 316 g/mol. The van der Waals surface area contributed by atoms with E-state index in [-0.39, 0.29) is 18.7 Å². The van der Waals surface area contributed by atoms with Gasteiger partial charge >= 0.3 is 5.97 Å². The Kier molecular flexibility index (Phi) is 5.54. The molecule has 0 radical (unpaired) electrons. The summed E-state index contributed by atoms with van der Waals surface area (Å²) in [7, 11) is 2.85. The number of rotatable bonds is 6. The van der Waals surface area contributed by atoms with Crippen LogP contribution >= 0.6 is 0 Å². The normalized spacial score (nSPS) is 11.8. The highest BCUT2D eigenvalue weighted by Gasteiger charge is 2.15. The van der Waals surface area contributed by atoms with Crippen molar-refractivity contribution in [1.29, 1.82) is 0 Å². The van der Waals surface area contributed by atoms with Gasteiger partial charge in [-0.2, -0.15) is 0 Å². The molecule has 0 spiro atoms. The lowest BCUT2D eigenvalue weighted by molar-refractivity contribution is -0.142. The van der Waals surface area contributed by atoms with Crippen LogP contribution in [0.1, 0.15) is 12.8 Å².